The molecule has 0 aliphatic heterocycles. The highest BCUT2D eigenvalue weighted by atomic mass is 127. The van der Waals surface area contributed by atoms with Crippen molar-refractivity contribution in [1.82, 2.24) is 10.6 Å². The van der Waals surface area contributed by atoms with Gasteiger partial charge in [-0.25, -0.2) is 0 Å². The highest BCUT2D eigenvalue weighted by molar-refractivity contribution is 14.0. The molecule has 7 heteroatoms. The highest BCUT2D eigenvalue weighted by Crippen LogP contribution is 2.20. The number of guanidine groups is 1. The zero-order chi connectivity index (χ0) is 19.2. The number of aliphatic imine (C=N–C) groups is 1. The van der Waals surface area contributed by atoms with E-state index in [1.807, 2.05) is 12.1 Å². The van der Waals surface area contributed by atoms with Crippen LogP contribution in [0.25, 0.3) is 10.8 Å². The molecule has 0 heterocycles. The van der Waals surface area contributed by atoms with Gasteiger partial charge in [0.15, 0.2) is 5.96 Å². The van der Waals surface area contributed by atoms with Gasteiger partial charge in [-0.15, -0.1) is 24.0 Å². The maximum absolute atomic E-state index is 10.7. The molecule has 0 aliphatic carbocycles. The smallest absolute Gasteiger partial charge is 0.269 e. The van der Waals surface area contributed by atoms with Crippen molar-refractivity contribution >= 4 is 46.4 Å². The van der Waals surface area contributed by atoms with E-state index in [4.69, 9.17) is 0 Å². The summed E-state index contributed by atoms with van der Waals surface area (Å²) in [4.78, 5) is 14.6. The molecular weight excluding hydrogens is 467 g/mol. The summed E-state index contributed by atoms with van der Waals surface area (Å²) < 4.78 is 0. The first kappa shape index (κ1) is 21.6. The minimum Gasteiger partial charge on any atom is -0.352 e. The van der Waals surface area contributed by atoms with Crippen molar-refractivity contribution in [2.75, 3.05) is 7.05 Å². The van der Waals surface area contributed by atoms with Crippen molar-refractivity contribution in [2.24, 2.45) is 4.99 Å². The van der Waals surface area contributed by atoms with Crippen LogP contribution in [0.1, 0.15) is 24.1 Å². The predicted octanol–water partition coefficient (Wildman–Crippen LogP) is 4.79. The van der Waals surface area contributed by atoms with Crippen LogP contribution < -0.4 is 10.6 Å². The summed E-state index contributed by atoms with van der Waals surface area (Å²) in [6.45, 7) is 2.62. The molecule has 3 rings (SSSR count). The second-order valence-corrected chi connectivity index (χ2v) is 6.32. The Labute approximate surface area is 181 Å². The molecule has 1 atom stereocenters. The number of hydrogen-bond donors (Lipinski definition) is 2. The minimum absolute atomic E-state index is 0. The van der Waals surface area contributed by atoms with Crippen molar-refractivity contribution in [3.8, 4) is 0 Å². The van der Waals surface area contributed by atoms with Gasteiger partial charge in [-0.05, 0) is 34.9 Å². The summed E-state index contributed by atoms with van der Waals surface area (Å²) in [7, 11) is 1.72. The lowest BCUT2D eigenvalue weighted by atomic mass is 10.0. The number of fused-ring (bicyclic) bond motifs is 1. The molecule has 0 bridgehead atoms. The van der Waals surface area contributed by atoms with Crippen molar-refractivity contribution in [3.63, 3.8) is 0 Å². The van der Waals surface area contributed by atoms with Crippen LogP contribution >= 0.6 is 24.0 Å². The standard InChI is InChI=1S/C21H22N4O2.HI/c1-15(18-10-9-17-5-3-4-6-19(17)13-18)24-21(22-2)23-14-16-7-11-20(12-8-16)25(26)27;/h3-13,15H,14H2,1-2H3,(H2,22,23,24);1H. The zero-order valence-electron chi connectivity index (χ0n) is 15.8. The average molecular weight is 490 g/mol. The number of rotatable bonds is 5. The first-order chi connectivity index (χ1) is 13.1. The van der Waals surface area contributed by atoms with Crippen LogP contribution in [0.3, 0.4) is 0 Å². The zero-order valence-corrected chi connectivity index (χ0v) is 18.1. The Bertz CT molecular complexity index is 974. The van der Waals surface area contributed by atoms with E-state index in [-0.39, 0.29) is 35.7 Å². The molecule has 0 aromatic heterocycles. The van der Waals surface area contributed by atoms with Crippen molar-refractivity contribution in [2.45, 2.75) is 19.5 Å². The molecule has 3 aromatic carbocycles. The summed E-state index contributed by atoms with van der Waals surface area (Å²) in [5, 5.41) is 19.8. The molecule has 0 spiro atoms. The van der Waals surface area contributed by atoms with Gasteiger partial charge < -0.3 is 10.6 Å². The van der Waals surface area contributed by atoms with E-state index in [0.29, 0.717) is 12.5 Å². The molecule has 2 N–H and O–H groups in total. The molecule has 1 unspecified atom stereocenters. The summed E-state index contributed by atoms with van der Waals surface area (Å²) >= 11 is 0. The number of halogens is 1. The van der Waals surface area contributed by atoms with Gasteiger partial charge in [0.1, 0.15) is 0 Å². The maximum Gasteiger partial charge on any atom is 0.269 e. The number of non-ortho nitro benzene ring substituents is 1. The monoisotopic (exact) mass is 490 g/mol. The molecule has 0 aliphatic rings. The number of nitrogens with one attached hydrogen (secondary N) is 2. The lowest BCUT2D eigenvalue weighted by Crippen LogP contribution is -2.38. The Kier molecular flexibility index (Phi) is 7.74. The molecule has 3 aromatic rings. The number of benzene rings is 3. The van der Waals surface area contributed by atoms with Crippen LogP contribution in [0.2, 0.25) is 0 Å². The number of nitrogens with zero attached hydrogens (tertiary/aromatic N) is 2. The minimum atomic E-state index is -0.400. The van der Waals surface area contributed by atoms with Crippen molar-refractivity contribution < 1.29 is 4.92 Å². The van der Waals surface area contributed by atoms with Crippen LogP contribution in [-0.2, 0) is 6.54 Å². The van der Waals surface area contributed by atoms with Gasteiger partial charge in [-0.1, -0.05) is 48.5 Å². The van der Waals surface area contributed by atoms with E-state index in [9.17, 15) is 10.1 Å². The Hall–Kier alpha value is -2.68. The largest absolute Gasteiger partial charge is 0.352 e. The fourth-order valence-electron chi connectivity index (χ4n) is 2.88. The molecule has 0 radical (unpaired) electrons. The van der Waals surface area contributed by atoms with Gasteiger partial charge >= 0.3 is 0 Å². The second-order valence-electron chi connectivity index (χ2n) is 6.32. The van der Waals surface area contributed by atoms with Crippen LogP contribution in [-0.4, -0.2) is 17.9 Å². The molecule has 6 nitrogen and oxygen atoms in total. The Morgan fingerprint density at radius 2 is 1.75 bits per heavy atom. The lowest BCUT2D eigenvalue weighted by molar-refractivity contribution is -0.384. The van der Waals surface area contributed by atoms with Crippen LogP contribution in [0.15, 0.2) is 71.7 Å². The SMILES string of the molecule is CN=C(NCc1ccc([N+](=O)[O-])cc1)NC(C)c1ccc2ccccc2c1.I. The maximum atomic E-state index is 10.7. The fraction of sp³-hybridized carbons (Fsp3) is 0.190. The molecular formula is C21H23IN4O2. The van der Waals surface area contributed by atoms with Crippen molar-refractivity contribution in [1.29, 1.82) is 0 Å². The molecule has 146 valence electrons. The highest BCUT2D eigenvalue weighted by Gasteiger charge is 2.09. The van der Waals surface area contributed by atoms with Crippen LogP contribution in [0.5, 0.6) is 0 Å². The first-order valence-corrected chi connectivity index (χ1v) is 8.76. The fourth-order valence-corrected chi connectivity index (χ4v) is 2.88. The molecule has 0 fully saturated rings. The molecule has 0 amide bonds. The van der Waals surface area contributed by atoms with Gasteiger partial charge in [0, 0.05) is 25.7 Å². The summed E-state index contributed by atoms with van der Waals surface area (Å²) in [5.74, 6) is 0.675. The van der Waals surface area contributed by atoms with Gasteiger partial charge in [0.05, 0.1) is 11.0 Å². The van der Waals surface area contributed by atoms with Gasteiger partial charge in [0.25, 0.3) is 5.69 Å². The van der Waals surface area contributed by atoms with E-state index in [1.54, 1.807) is 19.2 Å². The van der Waals surface area contributed by atoms with E-state index in [1.165, 1.54) is 28.5 Å². The quantitative estimate of drug-likeness (QED) is 0.177. The van der Waals surface area contributed by atoms with E-state index < -0.39 is 4.92 Å². The normalized spacial score (nSPS) is 12.1. The Balaban J connectivity index is 0.00000280. The average Bonchev–Trinajstić information content (AvgIpc) is 2.70. The lowest BCUT2D eigenvalue weighted by Gasteiger charge is -2.19. The molecule has 0 saturated heterocycles. The van der Waals surface area contributed by atoms with E-state index in [2.05, 4.69) is 52.9 Å². The summed E-state index contributed by atoms with van der Waals surface area (Å²) in [5.41, 5.74) is 2.21. The third-order valence-corrected chi connectivity index (χ3v) is 4.46. The van der Waals surface area contributed by atoms with E-state index >= 15 is 0 Å². The van der Waals surface area contributed by atoms with Crippen LogP contribution in [0, 0.1) is 10.1 Å². The topological polar surface area (TPSA) is 79.6 Å². The second kappa shape index (κ2) is 10.0. The number of nitro benzene ring substituents is 1. The predicted molar refractivity (Wildman–Crippen MR) is 124 cm³/mol. The first-order valence-electron chi connectivity index (χ1n) is 8.76. The van der Waals surface area contributed by atoms with Gasteiger partial charge in [-0.2, -0.15) is 0 Å². The molecule has 0 saturated carbocycles. The van der Waals surface area contributed by atoms with Gasteiger partial charge in [-0.3, -0.25) is 15.1 Å². The Morgan fingerprint density at radius 3 is 2.39 bits per heavy atom. The third-order valence-electron chi connectivity index (χ3n) is 4.46. The summed E-state index contributed by atoms with van der Waals surface area (Å²) in [6.07, 6.45) is 0. The van der Waals surface area contributed by atoms with Crippen LogP contribution in [0.4, 0.5) is 5.69 Å². The van der Waals surface area contributed by atoms with Crippen molar-refractivity contribution in [3.05, 3.63) is 88.0 Å². The molecule has 28 heavy (non-hydrogen) atoms. The number of nitro groups is 1. The summed E-state index contributed by atoms with van der Waals surface area (Å²) in [6, 6.07) is 21.3. The van der Waals surface area contributed by atoms with E-state index in [0.717, 1.165) is 5.56 Å². The van der Waals surface area contributed by atoms with Gasteiger partial charge in [0.2, 0.25) is 0 Å². The third kappa shape index (κ3) is 5.41. The Morgan fingerprint density at radius 1 is 1.07 bits per heavy atom. The number of hydrogen-bond acceptors (Lipinski definition) is 3.